The molecule has 2 aromatic rings. The summed E-state index contributed by atoms with van der Waals surface area (Å²) in [5.74, 6) is 1.70. The molecule has 0 spiro atoms. The van der Waals surface area contributed by atoms with Gasteiger partial charge in [-0.3, -0.25) is 9.89 Å². The van der Waals surface area contributed by atoms with Gasteiger partial charge in [0.05, 0.1) is 5.56 Å². The van der Waals surface area contributed by atoms with Crippen molar-refractivity contribution in [1.29, 1.82) is 0 Å². The van der Waals surface area contributed by atoms with Crippen molar-refractivity contribution in [1.82, 2.24) is 25.1 Å². The lowest BCUT2D eigenvalue weighted by molar-refractivity contribution is 0.112. The summed E-state index contributed by atoms with van der Waals surface area (Å²) in [7, 11) is 0. The number of hydrogen-bond acceptors (Lipinski definition) is 6. The van der Waals surface area contributed by atoms with E-state index < -0.39 is 0 Å². The lowest BCUT2D eigenvalue weighted by atomic mass is 10.3. The molecule has 0 aliphatic carbocycles. The van der Waals surface area contributed by atoms with Gasteiger partial charge in [-0.25, -0.2) is 15.0 Å². The molecule has 2 heterocycles. The van der Waals surface area contributed by atoms with Gasteiger partial charge in [-0.1, -0.05) is 11.6 Å². The molecule has 0 radical (unpaired) electrons. The highest BCUT2D eigenvalue weighted by Gasteiger charge is 2.10. The lowest BCUT2D eigenvalue weighted by Gasteiger charge is -2.08. The van der Waals surface area contributed by atoms with E-state index in [1.54, 1.807) is 6.92 Å². The first-order valence-electron chi connectivity index (χ1n) is 5.28. The third-order valence-electron chi connectivity index (χ3n) is 2.25. The van der Waals surface area contributed by atoms with Gasteiger partial charge in [0.2, 0.25) is 0 Å². The van der Waals surface area contributed by atoms with E-state index in [9.17, 15) is 4.79 Å². The van der Waals surface area contributed by atoms with E-state index in [1.165, 1.54) is 6.33 Å². The molecule has 2 rings (SSSR count). The van der Waals surface area contributed by atoms with Gasteiger partial charge in [-0.2, -0.15) is 5.10 Å². The lowest BCUT2D eigenvalue weighted by Crippen LogP contribution is -2.11. The summed E-state index contributed by atoms with van der Waals surface area (Å²) in [5, 5.41) is 9.67. The molecule has 7 nitrogen and oxygen atoms in total. The van der Waals surface area contributed by atoms with Crippen molar-refractivity contribution in [2.24, 2.45) is 0 Å². The Kier molecular flexibility index (Phi) is 3.83. The molecule has 0 saturated heterocycles. The smallest absolute Gasteiger partial charge is 0.156 e. The minimum atomic E-state index is 0.152. The summed E-state index contributed by atoms with van der Waals surface area (Å²) in [4.78, 5) is 23.0. The van der Waals surface area contributed by atoms with Crippen molar-refractivity contribution in [2.75, 3.05) is 11.9 Å². The van der Waals surface area contributed by atoms with Gasteiger partial charge in [0, 0.05) is 13.0 Å². The molecule has 0 aliphatic heterocycles. The van der Waals surface area contributed by atoms with Crippen LogP contribution in [0.15, 0.2) is 6.33 Å². The Balaban J connectivity index is 2.06. The van der Waals surface area contributed by atoms with Crippen molar-refractivity contribution in [2.45, 2.75) is 13.3 Å². The van der Waals surface area contributed by atoms with Crippen LogP contribution in [-0.2, 0) is 6.42 Å². The quantitative estimate of drug-likeness (QED) is 0.620. The Morgan fingerprint density at radius 2 is 2.33 bits per heavy atom. The highest BCUT2D eigenvalue weighted by atomic mass is 35.5. The van der Waals surface area contributed by atoms with Crippen molar-refractivity contribution in [3.8, 4) is 0 Å². The molecule has 2 N–H and O–H groups in total. The standard InChI is InChI=1S/C10H11ClN6O/c1-6-15-9(11)7(4-18)10(16-6)12-3-2-8-13-5-14-17-8/h4-5H,2-3H2,1H3,(H,12,15,16)(H,13,14,17). The predicted octanol–water partition coefficient (Wildman–Crippen LogP) is 1.02. The Hall–Kier alpha value is -2.02. The van der Waals surface area contributed by atoms with Crippen LogP contribution in [0.3, 0.4) is 0 Å². The number of carbonyl (C=O) groups excluding carboxylic acids is 1. The maximum Gasteiger partial charge on any atom is 0.156 e. The number of aromatic nitrogens is 5. The van der Waals surface area contributed by atoms with Gasteiger partial charge < -0.3 is 5.32 Å². The maximum absolute atomic E-state index is 10.9. The van der Waals surface area contributed by atoms with Gasteiger partial charge in [-0.05, 0) is 6.92 Å². The maximum atomic E-state index is 10.9. The fraction of sp³-hybridized carbons (Fsp3) is 0.300. The molecular weight excluding hydrogens is 256 g/mol. The van der Waals surface area contributed by atoms with Crippen LogP contribution in [0.4, 0.5) is 5.82 Å². The average molecular weight is 267 g/mol. The van der Waals surface area contributed by atoms with Gasteiger partial charge >= 0.3 is 0 Å². The topological polar surface area (TPSA) is 96.5 Å². The zero-order valence-corrected chi connectivity index (χ0v) is 10.4. The largest absolute Gasteiger partial charge is 0.369 e. The van der Waals surface area contributed by atoms with E-state index in [0.29, 0.717) is 30.9 Å². The first-order chi connectivity index (χ1) is 8.70. The molecule has 2 aromatic heterocycles. The average Bonchev–Trinajstić information content (AvgIpc) is 2.81. The number of H-pyrrole nitrogens is 1. The number of anilines is 1. The first kappa shape index (κ1) is 12.4. The molecule has 18 heavy (non-hydrogen) atoms. The molecule has 0 amide bonds. The van der Waals surface area contributed by atoms with Crippen LogP contribution in [0.5, 0.6) is 0 Å². The fourth-order valence-corrected chi connectivity index (χ4v) is 1.69. The molecule has 0 aliphatic rings. The molecule has 0 unspecified atom stereocenters. The second-order valence-electron chi connectivity index (χ2n) is 3.55. The monoisotopic (exact) mass is 266 g/mol. The van der Waals surface area contributed by atoms with E-state index in [2.05, 4.69) is 30.5 Å². The molecular formula is C10H11ClN6O. The second kappa shape index (κ2) is 5.54. The van der Waals surface area contributed by atoms with Crippen LogP contribution in [-0.4, -0.2) is 38.0 Å². The molecule has 0 bridgehead atoms. The van der Waals surface area contributed by atoms with Gasteiger partial charge in [0.25, 0.3) is 0 Å². The first-order valence-corrected chi connectivity index (χ1v) is 5.66. The number of nitrogens with one attached hydrogen (secondary N) is 2. The highest BCUT2D eigenvalue weighted by molar-refractivity contribution is 6.32. The summed E-state index contributed by atoms with van der Waals surface area (Å²) in [5.41, 5.74) is 0.264. The summed E-state index contributed by atoms with van der Waals surface area (Å²) in [6.45, 7) is 2.27. The summed E-state index contributed by atoms with van der Waals surface area (Å²) < 4.78 is 0. The summed E-state index contributed by atoms with van der Waals surface area (Å²) in [6, 6.07) is 0. The Morgan fingerprint density at radius 3 is 3.00 bits per heavy atom. The number of aryl methyl sites for hydroxylation is 1. The number of rotatable bonds is 5. The fourth-order valence-electron chi connectivity index (χ4n) is 1.44. The third kappa shape index (κ3) is 2.80. The van der Waals surface area contributed by atoms with E-state index in [1.807, 2.05) is 0 Å². The number of carbonyl (C=O) groups is 1. The minimum absolute atomic E-state index is 0.152. The molecule has 0 atom stereocenters. The van der Waals surface area contributed by atoms with Crippen LogP contribution in [0.2, 0.25) is 5.15 Å². The van der Waals surface area contributed by atoms with Gasteiger partial charge in [-0.15, -0.1) is 0 Å². The molecule has 94 valence electrons. The number of nitrogens with zero attached hydrogens (tertiary/aromatic N) is 4. The number of halogens is 1. The zero-order chi connectivity index (χ0) is 13.0. The normalized spacial score (nSPS) is 10.3. The third-order valence-corrected chi connectivity index (χ3v) is 2.54. The van der Waals surface area contributed by atoms with Crippen molar-refractivity contribution >= 4 is 23.7 Å². The second-order valence-corrected chi connectivity index (χ2v) is 3.91. The molecule has 8 heteroatoms. The van der Waals surface area contributed by atoms with Crippen LogP contribution in [0.25, 0.3) is 0 Å². The molecule has 0 aromatic carbocycles. The predicted molar refractivity (Wildman–Crippen MR) is 65.7 cm³/mol. The number of aldehydes is 1. The minimum Gasteiger partial charge on any atom is -0.369 e. The zero-order valence-electron chi connectivity index (χ0n) is 9.64. The molecule has 0 fully saturated rings. The van der Waals surface area contributed by atoms with Crippen molar-refractivity contribution in [3.63, 3.8) is 0 Å². The van der Waals surface area contributed by atoms with Crippen LogP contribution in [0, 0.1) is 6.92 Å². The van der Waals surface area contributed by atoms with Gasteiger partial charge in [0.1, 0.15) is 28.9 Å². The number of aromatic amines is 1. The van der Waals surface area contributed by atoms with Gasteiger partial charge in [0.15, 0.2) is 6.29 Å². The van der Waals surface area contributed by atoms with E-state index >= 15 is 0 Å². The highest BCUT2D eigenvalue weighted by Crippen LogP contribution is 2.18. The Morgan fingerprint density at radius 1 is 1.50 bits per heavy atom. The van der Waals surface area contributed by atoms with Crippen LogP contribution >= 0.6 is 11.6 Å². The Bertz CT molecular complexity index is 542. The number of hydrogen-bond donors (Lipinski definition) is 2. The Labute approximate surface area is 108 Å². The summed E-state index contributed by atoms with van der Waals surface area (Å²) >= 11 is 5.86. The van der Waals surface area contributed by atoms with Crippen molar-refractivity contribution in [3.05, 3.63) is 28.7 Å². The van der Waals surface area contributed by atoms with Crippen LogP contribution in [0.1, 0.15) is 22.0 Å². The van der Waals surface area contributed by atoms with E-state index in [4.69, 9.17) is 11.6 Å². The SMILES string of the molecule is Cc1nc(Cl)c(C=O)c(NCCc2ncn[nH]2)n1. The summed E-state index contributed by atoms with van der Waals surface area (Å²) in [6.07, 6.45) is 2.72. The molecule has 0 saturated carbocycles. The van der Waals surface area contributed by atoms with E-state index in [0.717, 1.165) is 5.82 Å². The van der Waals surface area contributed by atoms with Crippen molar-refractivity contribution < 1.29 is 4.79 Å². The van der Waals surface area contributed by atoms with E-state index in [-0.39, 0.29) is 10.7 Å². The van der Waals surface area contributed by atoms with Crippen LogP contribution < -0.4 is 5.32 Å².